The zero-order valence-electron chi connectivity index (χ0n) is 7.25. The first-order valence-electron chi connectivity index (χ1n) is 4.32. The van der Waals surface area contributed by atoms with E-state index in [-0.39, 0.29) is 0 Å². The molecule has 0 aliphatic carbocycles. The average Bonchev–Trinajstić information content (AvgIpc) is 2.28. The van der Waals surface area contributed by atoms with Crippen LogP contribution in [-0.2, 0) is 4.74 Å². The van der Waals surface area contributed by atoms with Crippen LogP contribution in [0.15, 0.2) is 0 Å². The fraction of sp³-hybridized carbons (Fsp3) is 1.00. The molecule has 1 heterocycles. The Bertz CT molecular complexity index is 96.3. The molecule has 3 nitrogen and oxygen atoms in total. The van der Waals surface area contributed by atoms with Crippen molar-refractivity contribution >= 4 is 0 Å². The van der Waals surface area contributed by atoms with E-state index >= 15 is 0 Å². The van der Waals surface area contributed by atoms with Crippen LogP contribution in [0.5, 0.6) is 0 Å². The Morgan fingerprint density at radius 3 is 2.91 bits per heavy atom. The molecule has 0 aromatic heterocycles. The lowest BCUT2D eigenvalue weighted by Gasteiger charge is -2.16. The fourth-order valence-electron chi connectivity index (χ4n) is 1.54. The van der Waals surface area contributed by atoms with Crippen molar-refractivity contribution in [3.05, 3.63) is 0 Å². The van der Waals surface area contributed by atoms with Gasteiger partial charge in [0.25, 0.3) is 0 Å². The molecule has 1 rings (SSSR count). The number of hydrogen-bond donors (Lipinski definition) is 1. The Kier molecular flexibility index (Phi) is 3.83. The highest BCUT2D eigenvalue weighted by Crippen LogP contribution is 2.12. The molecule has 0 aromatic rings. The van der Waals surface area contributed by atoms with E-state index in [1.54, 1.807) is 7.11 Å². The third-order valence-corrected chi connectivity index (χ3v) is 2.36. The SMILES string of the molecule is CO[C@H]1CCCN(CN)CC1. The average molecular weight is 158 g/mol. The summed E-state index contributed by atoms with van der Waals surface area (Å²) in [5.74, 6) is 0. The monoisotopic (exact) mass is 158 g/mol. The van der Waals surface area contributed by atoms with Crippen LogP contribution < -0.4 is 5.73 Å². The minimum Gasteiger partial charge on any atom is -0.381 e. The summed E-state index contributed by atoms with van der Waals surface area (Å²) in [6.07, 6.45) is 4.00. The largest absolute Gasteiger partial charge is 0.381 e. The van der Waals surface area contributed by atoms with E-state index in [2.05, 4.69) is 4.90 Å². The van der Waals surface area contributed by atoms with Crippen LogP contribution in [-0.4, -0.2) is 37.9 Å². The van der Waals surface area contributed by atoms with Crippen LogP contribution in [0.2, 0.25) is 0 Å². The summed E-state index contributed by atoms with van der Waals surface area (Å²) in [7, 11) is 1.79. The van der Waals surface area contributed by atoms with Crippen molar-refractivity contribution in [3.63, 3.8) is 0 Å². The molecule has 0 unspecified atom stereocenters. The lowest BCUT2D eigenvalue weighted by Crippen LogP contribution is -2.31. The van der Waals surface area contributed by atoms with Crippen molar-refractivity contribution in [3.8, 4) is 0 Å². The maximum Gasteiger partial charge on any atom is 0.0584 e. The maximum absolute atomic E-state index is 5.54. The number of hydrogen-bond acceptors (Lipinski definition) is 3. The molecule has 11 heavy (non-hydrogen) atoms. The summed E-state index contributed by atoms with van der Waals surface area (Å²) in [5, 5.41) is 0. The molecule has 1 aliphatic heterocycles. The van der Waals surface area contributed by atoms with Gasteiger partial charge in [-0.05, 0) is 25.8 Å². The van der Waals surface area contributed by atoms with Crippen LogP contribution in [0.25, 0.3) is 0 Å². The molecular weight excluding hydrogens is 140 g/mol. The predicted molar refractivity (Wildman–Crippen MR) is 45.3 cm³/mol. The van der Waals surface area contributed by atoms with E-state index in [9.17, 15) is 0 Å². The lowest BCUT2D eigenvalue weighted by molar-refractivity contribution is 0.0899. The molecule has 1 aliphatic rings. The summed E-state index contributed by atoms with van der Waals surface area (Å²) in [4.78, 5) is 2.28. The molecule has 0 spiro atoms. The van der Waals surface area contributed by atoms with Crippen molar-refractivity contribution in [2.45, 2.75) is 25.4 Å². The van der Waals surface area contributed by atoms with Crippen molar-refractivity contribution in [2.24, 2.45) is 5.73 Å². The summed E-state index contributed by atoms with van der Waals surface area (Å²) in [6, 6.07) is 0. The summed E-state index contributed by atoms with van der Waals surface area (Å²) < 4.78 is 5.30. The summed E-state index contributed by atoms with van der Waals surface area (Å²) >= 11 is 0. The Morgan fingerprint density at radius 2 is 2.27 bits per heavy atom. The number of likely N-dealkylation sites (tertiary alicyclic amines) is 1. The molecule has 1 saturated heterocycles. The first-order chi connectivity index (χ1) is 5.36. The molecule has 0 amide bonds. The zero-order valence-corrected chi connectivity index (χ0v) is 7.25. The van der Waals surface area contributed by atoms with E-state index < -0.39 is 0 Å². The molecule has 1 atom stereocenters. The Morgan fingerprint density at radius 1 is 1.45 bits per heavy atom. The standard InChI is InChI=1S/C8H18N2O/c1-11-8-3-2-5-10(7-9)6-4-8/h8H,2-7,9H2,1H3/t8-/m0/s1. The number of nitrogens with zero attached hydrogens (tertiary/aromatic N) is 1. The van der Waals surface area contributed by atoms with Gasteiger partial charge in [-0.15, -0.1) is 0 Å². The first-order valence-corrected chi connectivity index (χ1v) is 4.32. The lowest BCUT2D eigenvalue weighted by atomic mass is 10.2. The molecule has 0 bridgehead atoms. The van der Waals surface area contributed by atoms with Crippen LogP contribution in [0.4, 0.5) is 0 Å². The Labute approximate surface area is 68.5 Å². The van der Waals surface area contributed by atoms with Gasteiger partial charge in [0.15, 0.2) is 0 Å². The van der Waals surface area contributed by atoms with E-state index in [1.807, 2.05) is 0 Å². The number of ether oxygens (including phenoxy) is 1. The smallest absolute Gasteiger partial charge is 0.0584 e. The first kappa shape index (κ1) is 8.97. The predicted octanol–water partition coefficient (Wildman–Crippen LogP) is 0.403. The van der Waals surface area contributed by atoms with Gasteiger partial charge < -0.3 is 10.5 Å². The van der Waals surface area contributed by atoms with Crippen LogP contribution >= 0.6 is 0 Å². The second-order valence-electron chi connectivity index (χ2n) is 3.09. The number of methoxy groups -OCH3 is 1. The van der Waals surface area contributed by atoms with Crippen molar-refractivity contribution in [1.29, 1.82) is 0 Å². The normalized spacial score (nSPS) is 28.4. The fourth-order valence-corrected chi connectivity index (χ4v) is 1.54. The second-order valence-corrected chi connectivity index (χ2v) is 3.09. The van der Waals surface area contributed by atoms with Gasteiger partial charge in [-0.2, -0.15) is 0 Å². The van der Waals surface area contributed by atoms with Crippen LogP contribution in [0, 0.1) is 0 Å². The van der Waals surface area contributed by atoms with Crippen molar-refractivity contribution in [1.82, 2.24) is 4.90 Å². The Balaban J connectivity index is 2.27. The van der Waals surface area contributed by atoms with Crippen molar-refractivity contribution < 1.29 is 4.74 Å². The molecule has 66 valence electrons. The summed E-state index contributed by atoms with van der Waals surface area (Å²) in [5.41, 5.74) is 5.54. The van der Waals surface area contributed by atoms with Gasteiger partial charge in [0.2, 0.25) is 0 Å². The molecule has 0 radical (unpaired) electrons. The van der Waals surface area contributed by atoms with Crippen LogP contribution in [0.1, 0.15) is 19.3 Å². The second kappa shape index (κ2) is 4.70. The van der Waals surface area contributed by atoms with Gasteiger partial charge in [0.05, 0.1) is 6.10 Å². The minimum atomic E-state index is 0.464. The van der Waals surface area contributed by atoms with E-state index in [1.165, 1.54) is 12.8 Å². The third kappa shape index (κ3) is 2.77. The molecule has 0 aromatic carbocycles. The quantitative estimate of drug-likeness (QED) is 0.632. The number of rotatable bonds is 2. The summed E-state index contributed by atoms with van der Waals surface area (Å²) in [6.45, 7) is 2.92. The Hall–Kier alpha value is -0.120. The van der Waals surface area contributed by atoms with E-state index in [4.69, 9.17) is 10.5 Å². The highest BCUT2D eigenvalue weighted by atomic mass is 16.5. The van der Waals surface area contributed by atoms with Gasteiger partial charge in [-0.25, -0.2) is 0 Å². The van der Waals surface area contributed by atoms with Gasteiger partial charge in [0, 0.05) is 20.3 Å². The third-order valence-electron chi connectivity index (χ3n) is 2.36. The van der Waals surface area contributed by atoms with E-state index in [0.29, 0.717) is 12.8 Å². The molecular formula is C8H18N2O. The van der Waals surface area contributed by atoms with Gasteiger partial charge in [0.1, 0.15) is 0 Å². The highest BCUT2D eigenvalue weighted by Gasteiger charge is 2.14. The zero-order chi connectivity index (χ0) is 8.10. The van der Waals surface area contributed by atoms with Gasteiger partial charge in [-0.1, -0.05) is 0 Å². The molecule has 2 N–H and O–H groups in total. The molecule has 1 fully saturated rings. The number of nitrogens with two attached hydrogens (primary N) is 1. The molecule has 3 heteroatoms. The van der Waals surface area contributed by atoms with Gasteiger partial charge >= 0.3 is 0 Å². The van der Waals surface area contributed by atoms with E-state index in [0.717, 1.165) is 19.5 Å². The van der Waals surface area contributed by atoms with Crippen LogP contribution in [0.3, 0.4) is 0 Å². The maximum atomic E-state index is 5.54. The minimum absolute atomic E-state index is 0.464. The highest BCUT2D eigenvalue weighted by molar-refractivity contribution is 4.68. The van der Waals surface area contributed by atoms with Gasteiger partial charge in [-0.3, -0.25) is 4.90 Å². The van der Waals surface area contributed by atoms with Crippen molar-refractivity contribution in [2.75, 3.05) is 26.9 Å². The molecule has 0 saturated carbocycles. The topological polar surface area (TPSA) is 38.5 Å².